The van der Waals surface area contributed by atoms with Crippen molar-refractivity contribution in [1.82, 2.24) is 20.4 Å². The fraction of sp³-hybridized carbons (Fsp3) is 0.522. The predicted molar refractivity (Wildman–Crippen MR) is 115 cm³/mol. The number of nitrogens with zero attached hydrogens (tertiary/aromatic N) is 2. The molecular weight excluding hydrogens is 453 g/mol. The number of hydrogen-bond donors (Lipinski definition) is 3. The van der Waals surface area contributed by atoms with E-state index in [0.717, 1.165) is 10.7 Å². The molecule has 3 fully saturated rings. The van der Waals surface area contributed by atoms with Gasteiger partial charge in [0, 0.05) is 18.7 Å². The fourth-order valence-corrected chi connectivity index (χ4v) is 4.90. The van der Waals surface area contributed by atoms with E-state index in [1.807, 2.05) is 0 Å². The van der Waals surface area contributed by atoms with Gasteiger partial charge in [0.25, 0.3) is 18.2 Å². The summed E-state index contributed by atoms with van der Waals surface area (Å²) in [5.74, 6) is -1.15. The summed E-state index contributed by atoms with van der Waals surface area (Å²) < 4.78 is 46.0. The molecule has 1 aromatic carbocycles. The van der Waals surface area contributed by atoms with Gasteiger partial charge in [-0.2, -0.15) is 5.10 Å². The Morgan fingerprint density at radius 2 is 1.94 bits per heavy atom. The number of nitrogens with one attached hydrogen (secondary N) is 2. The first-order chi connectivity index (χ1) is 16.0. The van der Waals surface area contributed by atoms with E-state index in [0.29, 0.717) is 31.2 Å². The third-order valence-corrected chi connectivity index (χ3v) is 6.96. The molecule has 11 heteroatoms. The lowest BCUT2D eigenvalue weighted by Crippen LogP contribution is -2.70. The Hall–Kier alpha value is -3.08. The first-order valence-corrected chi connectivity index (χ1v) is 11.1. The van der Waals surface area contributed by atoms with Gasteiger partial charge in [0.1, 0.15) is 23.0 Å². The zero-order chi connectivity index (χ0) is 24.7. The van der Waals surface area contributed by atoms with Crippen LogP contribution in [0.25, 0.3) is 0 Å². The van der Waals surface area contributed by atoms with Gasteiger partial charge in [0.05, 0.1) is 11.6 Å². The van der Waals surface area contributed by atoms with E-state index in [4.69, 9.17) is 4.74 Å². The molecule has 0 aliphatic heterocycles. The summed E-state index contributed by atoms with van der Waals surface area (Å²) in [5, 5.41) is 20.3. The number of halogens is 3. The minimum absolute atomic E-state index is 0.0164. The minimum atomic E-state index is -2.79. The highest BCUT2D eigenvalue weighted by Gasteiger charge is 2.55. The van der Waals surface area contributed by atoms with Crippen LogP contribution in [-0.4, -0.2) is 50.5 Å². The first-order valence-electron chi connectivity index (χ1n) is 11.1. The van der Waals surface area contributed by atoms with E-state index >= 15 is 0 Å². The van der Waals surface area contributed by atoms with Crippen molar-refractivity contribution in [2.24, 2.45) is 7.05 Å². The van der Waals surface area contributed by atoms with Crippen molar-refractivity contribution in [1.29, 1.82) is 0 Å². The van der Waals surface area contributed by atoms with Gasteiger partial charge < -0.3 is 20.5 Å². The van der Waals surface area contributed by atoms with E-state index in [2.05, 4.69) is 15.7 Å². The van der Waals surface area contributed by atoms with Crippen molar-refractivity contribution in [2.45, 2.75) is 62.6 Å². The SMILES string of the molecule is Cc1ccc(OCC(=O)NC23CCC(NC(=O)c4cc(C(F)F)nn4C)(CC2)[C@@H](O)C3)cc1F. The molecule has 0 radical (unpaired) electrons. The Labute approximate surface area is 194 Å². The average Bonchev–Trinajstić information content (AvgIpc) is 3.18. The van der Waals surface area contributed by atoms with E-state index < -0.39 is 41.0 Å². The summed E-state index contributed by atoms with van der Waals surface area (Å²) >= 11 is 0. The van der Waals surface area contributed by atoms with Crippen molar-refractivity contribution >= 4 is 11.8 Å². The Balaban J connectivity index is 1.36. The number of carbonyl (C=O) groups excluding carboxylic acids is 2. The van der Waals surface area contributed by atoms with E-state index in [9.17, 15) is 27.9 Å². The van der Waals surface area contributed by atoms with Crippen LogP contribution >= 0.6 is 0 Å². The normalized spacial score (nSPS) is 25.9. The minimum Gasteiger partial charge on any atom is -0.484 e. The van der Waals surface area contributed by atoms with Crippen LogP contribution in [0.1, 0.15) is 60.3 Å². The van der Waals surface area contributed by atoms with Crippen LogP contribution in [0.2, 0.25) is 0 Å². The van der Waals surface area contributed by atoms with Crippen molar-refractivity contribution in [3.8, 4) is 5.75 Å². The van der Waals surface area contributed by atoms with Gasteiger partial charge in [-0.15, -0.1) is 0 Å². The van der Waals surface area contributed by atoms with Gasteiger partial charge >= 0.3 is 0 Å². The number of aromatic nitrogens is 2. The lowest BCUT2D eigenvalue weighted by atomic mass is 9.60. The number of fused-ring (bicyclic) bond motifs is 3. The van der Waals surface area contributed by atoms with Gasteiger partial charge in [-0.1, -0.05) is 6.07 Å². The zero-order valence-electron chi connectivity index (χ0n) is 18.9. The van der Waals surface area contributed by atoms with Gasteiger partial charge in [0.15, 0.2) is 6.61 Å². The highest BCUT2D eigenvalue weighted by molar-refractivity contribution is 5.93. The Morgan fingerprint density at radius 3 is 2.53 bits per heavy atom. The number of rotatable bonds is 7. The Kier molecular flexibility index (Phi) is 6.32. The number of ether oxygens (including phenoxy) is 1. The topological polar surface area (TPSA) is 105 Å². The third-order valence-electron chi connectivity index (χ3n) is 6.96. The summed E-state index contributed by atoms with van der Waals surface area (Å²) in [6.07, 6.45) is -1.65. The molecule has 3 aliphatic rings. The van der Waals surface area contributed by atoms with Crippen LogP contribution in [0, 0.1) is 12.7 Å². The monoisotopic (exact) mass is 480 g/mol. The molecule has 3 saturated carbocycles. The first kappa shape index (κ1) is 24.1. The van der Waals surface area contributed by atoms with Crippen molar-refractivity contribution < 1.29 is 32.6 Å². The van der Waals surface area contributed by atoms with Crippen LogP contribution in [0.15, 0.2) is 24.3 Å². The van der Waals surface area contributed by atoms with Gasteiger partial charge in [-0.3, -0.25) is 14.3 Å². The molecule has 5 rings (SSSR count). The molecule has 3 N–H and O–H groups in total. The molecular formula is C23H27F3N4O4. The van der Waals surface area contributed by atoms with Gasteiger partial charge in [-0.25, -0.2) is 13.2 Å². The number of amides is 2. The van der Waals surface area contributed by atoms with Crippen LogP contribution in [-0.2, 0) is 11.8 Å². The number of aliphatic hydroxyl groups excluding tert-OH is 1. The summed E-state index contributed by atoms with van der Waals surface area (Å²) in [6, 6.07) is 5.40. The molecule has 8 nitrogen and oxygen atoms in total. The van der Waals surface area contributed by atoms with Gasteiger partial charge in [-0.05, 0) is 56.7 Å². The number of aliphatic hydroxyl groups is 1. The highest BCUT2D eigenvalue weighted by atomic mass is 19.3. The van der Waals surface area contributed by atoms with E-state index in [1.165, 1.54) is 13.1 Å². The molecule has 1 atom stereocenters. The predicted octanol–water partition coefficient (Wildman–Crippen LogP) is 2.55. The molecule has 0 saturated heterocycles. The molecule has 3 aliphatic carbocycles. The standard InChI is InChI=1S/C23H27F3N4O4/c1-13-3-4-14(9-15(13)24)34-12-19(32)27-22-5-7-23(8-6-22,18(31)11-22)28-21(33)17-10-16(20(25)26)29-30(17)2/h3-4,9-10,18,20,31H,5-8,11-12H2,1-2H3,(H,27,32)(H,28,33)/t18-,22?,23?/m0/s1. The van der Waals surface area contributed by atoms with E-state index in [-0.39, 0.29) is 30.4 Å². The lowest BCUT2D eigenvalue weighted by molar-refractivity contribution is -0.129. The third kappa shape index (κ3) is 4.61. The molecule has 34 heavy (non-hydrogen) atoms. The summed E-state index contributed by atoms with van der Waals surface area (Å²) in [4.78, 5) is 25.3. The number of alkyl halides is 2. The lowest BCUT2D eigenvalue weighted by Gasteiger charge is -2.56. The number of hydrogen-bond acceptors (Lipinski definition) is 5. The molecule has 1 aromatic heterocycles. The van der Waals surface area contributed by atoms with Gasteiger partial charge in [0.2, 0.25) is 0 Å². The molecule has 2 aromatic rings. The Morgan fingerprint density at radius 1 is 1.24 bits per heavy atom. The largest absolute Gasteiger partial charge is 0.484 e. The van der Waals surface area contributed by atoms with Crippen LogP contribution < -0.4 is 15.4 Å². The smallest absolute Gasteiger partial charge is 0.282 e. The van der Waals surface area contributed by atoms with Crippen molar-refractivity contribution in [3.05, 3.63) is 47.0 Å². The summed E-state index contributed by atoms with van der Waals surface area (Å²) in [6.45, 7) is 1.33. The Bertz CT molecular complexity index is 1100. The maximum Gasteiger partial charge on any atom is 0.282 e. The molecule has 0 spiro atoms. The fourth-order valence-electron chi connectivity index (χ4n) is 4.90. The maximum absolute atomic E-state index is 13.7. The molecule has 2 bridgehead atoms. The molecule has 0 unspecified atom stereocenters. The van der Waals surface area contributed by atoms with Crippen LogP contribution in [0.5, 0.6) is 5.75 Å². The zero-order valence-corrected chi connectivity index (χ0v) is 18.9. The summed E-state index contributed by atoms with van der Waals surface area (Å²) in [5.41, 5.74) is -1.58. The number of aryl methyl sites for hydroxylation is 2. The second-order valence-electron chi connectivity index (χ2n) is 9.24. The number of benzene rings is 1. The van der Waals surface area contributed by atoms with Crippen LogP contribution in [0.4, 0.5) is 13.2 Å². The highest BCUT2D eigenvalue weighted by Crippen LogP contribution is 2.47. The van der Waals surface area contributed by atoms with Crippen molar-refractivity contribution in [2.75, 3.05) is 6.61 Å². The second-order valence-corrected chi connectivity index (χ2v) is 9.24. The van der Waals surface area contributed by atoms with Crippen LogP contribution in [0.3, 0.4) is 0 Å². The quantitative estimate of drug-likeness (QED) is 0.565. The summed E-state index contributed by atoms with van der Waals surface area (Å²) in [7, 11) is 1.41. The number of carbonyl (C=O) groups is 2. The molecule has 1 heterocycles. The molecule has 184 valence electrons. The molecule has 2 amide bonds. The van der Waals surface area contributed by atoms with E-state index in [1.54, 1.807) is 19.1 Å². The maximum atomic E-state index is 13.7. The second kappa shape index (κ2) is 8.94. The average molecular weight is 480 g/mol. The van der Waals surface area contributed by atoms with Crippen molar-refractivity contribution in [3.63, 3.8) is 0 Å².